The molecule has 0 saturated heterocycles. The maximum atomic E-state index is 13.8. The maximum Gasteiger partial charge on any atom is 0.492 e. The Hall–Kier alpha value is -1.27. The highest BCUT2D eigenvalue weighted by molar-refractivity contribution is 6.59. The van der Waals surface area contributed by atoms with Gasteiger partial charge in [0, 0.05) is 5.46 Å². The lowest BCUT2D eigenvalue weighted by Crippen LogP contribution is -2.33. The van der Waals surface area contributed by atoms with Crippen molar-refractivity contribution in [2.24, 2.45) is 0 Å². The van der Waals surface area contributed by atoms with Crippen molar-refractivity contribution in [3.05, 3.63) is 17.9 Å². The summed E-state index contributed by atoms with van der Waals surface area (Å²) < 4.78 is 23.8. The van der Waals surface area contributed by atoms with Crippen molar-refractivity contribution in [2.45, 2.75) is 20.0 Å². The van der Waals surface area contributed by atoms with Crippen LogP contribution in [0.1, 0.15) is 13.8 Å². The van der Waals surface area contributed by atoms with Gasteiger partial charge in [0.1, 0.15) is 0 Å². The third-order valence-corrected chi connectivity index (χ3v) is 1.94. The monoisotopic (exact) mass is 228 g/mol. The normalized spacial score (nSPS) is 10.4. The molecule has 0 fully saturated rings. The Morgan fingerprint density at radius 3 is 2.38 bits per heavy atom. The fraction of sp³-hybridized carbons (Fsp3) is 0.400. The first kappa shape index (κ1) is 12.8. The molecule has 0 atom stereocenters. The molecule has 0 aliphatic rings. The average Bonchev–Trinajstić information content (AvgIpc) is 2.19. The molecule has 0 amide bonds. The zero-order valence-electron chi connectivity index (χ0n) is 9.40. The van der Waals surface area contributed by atoms with E-state index >= 15 is 0 Å². The van der Waals surface area contributed by atoms with Gasteiger partial charge in [-0.05, 0) is 19.9 Å². The molecule has 0 aliphatic heterocycles. The molecule has 1 rings (SSSR count). The third kappa shape index (κ3) is 2.65. The van der Waals surface area contributed by atoms with Gasteiger partial charge in [0.15, 0.2) is 11.5 Å². The fourth-order valence-corrected chi connectivity index (χ4v) is 1.27. The van der Waals surface area contributed by atoms with Gasteiger partial charge in [-0.1, -0.05) is 6.07 Å². The molecule has 0 saturated carbocycles. The lowest BCUT2D eigenvalue weighted by atomic mass is 9.79. The van der Waals surface area contributed by atoms with Crippen LogP contribution in [-0.4, -0.2) is 30.4 Å². The smallest absolute Gasteiger partial charge is 0.492 e. The molecule has 1 aromatic carbocycles. The Labute approximate surface area is 93.8 Å². The van der Waals surface area contributed by atoms with Crippen molar-refractivity contribution in [3.8, 4) is 11.5 Å². The van der Waals surface area contributed by atoms with Gasteiger partial charge in [-0.2, -0.15) is 4.39 Å². The summed E-state index contributed by atoms with van der Waals surface area (Å²) in [6.45, 7) is 3.43. The van der Waals surface area contributed by atoms with Crippen LogP contribution in [0.15, 0.2) is 12.1 Å². The van der Waals surface area contributed by atoms with Crippen LogP contribution < -0.4 is 14.9 Å². The summed E-state index contributed by atoms with van der Waals surface area (Å²) in [5.41, 5.74) is -0.0213. The topological polar surface area (TPSA) is 58.9 Å². The van der Waals surface area contributed by atoms with Gasteiger partial charge in [-0.3, -0.25) is 0 Å². The van der Waals surface area contributed by atoms with E-state index in [1.165, 1.54) is 19.2 Å². The van der Waals surface area contributed by atoms with Crippen LogP contribution in [0.3, 0.4) is 0 Å². The summed E-state index contributed by atoms with van der Waals surface area (Å²) in [6.07, 6.45) is -0.279. The molecule has 0 aromatic heterocycles. The standard InChI is InChI=1S/C10H14BFO4/c1-6(2)16-10-7(11(13)14)4-5-8(15-3)9(10)12/h4-6,13-14H,1-3H3. The van der Waals surface area contributed by atoms with E-state index in [0.29, 0.717) is 0 Å². The molecule has 1 aromatic rings. The van der Waals surface area contributed by atoms with Gasteiger partial charge >= 0.3 is 7.12 Å². The molecule has 0 spiro atoms. The fourth-order valence-electron chi connectivity index (χ4n) is 1.27. The molecule has 0 heterocycles. The van der Waals surface area contributed by atoms with Crippen molar-refractivity contribution in [2.75, 3.05) is 7.11 Å². The van der Waals surface area contributed by atoms with E-state index in [0.717, 1.165) is 0 Å². The largest absolute Gasteiger partial charge is 0.494 e. The summed E-state index contributed by atoms with van der Waals surface area (Å²) in [4.78, 5) is 0. The molecule has 0 unspecified atom stereocenters. The molecule has 88 valence electrons. The highest BCUT2D eigenvalue weighted by atomic mass is 19.1. The molecule has 0 bridgehead atoms. The van der Waals surface area contributed by atoms with E-state index in [1.807, 2.05) is 0 Å². The first-order chi connectivity index (χ1) is 7.47. The summed E-state index contributed by atoms with van der Waals surface area (Å²) in [6, 6.07) is 2.67. The molecule has 16 heavy (non-hydrogen) atoms. The van der Waals surface area contributed by atoms with E-state index in [4.69, 9.17) is 19.5 Å². The molecular weight excluding hydrogens is 214 g/mol. The van der Waals surface area contributed by atoms with Crippen molar-refractivity contribution < 1.29 is 23.9 Å². The molecule has 6 heteroatoms. The lowest BCUT2D eigenvalue weighted by molar-refractivity contribution is 0.229. The Kier molecular flexibility index (Phi) is 4.15. The van der Waals surface area contributed by atoms with E-state index in [2.05, 4.69) is 0 Å². The predicted molar refractivity (Wildman–Crippen MR) is 58.5 cm³/mol. The Morgan fingerprint density at radius 2 is 1.94 bits per heavy atom. The van der Waals surface area contributed by atoms with Crippen molar-refractivity contribution in [3.63, 3.8) is 0 Å². The van der Waals surface area contributed by atoms with Crippen LogP contribution in [0, 0.1) is 5.82 Å². The minimum atomic E-state index is -1.78. The van der Waals surface area contributed by atoms with Crippen LogP contribution in [-0.2, 0) is 0 Å². The first-order valence-electron chi connectivity index (χ1n) is 4.86. The number of methoxy groups -OCH3 is 1. The molecule has 0 aliphatic carbocycles. The number of ether oxygens (including phenoxy) is 2. The second kappa shape index (κ2) is 5.18. The van der Waals surface area contributed by atoms with Crippen molar-refractivity contribution in [1.82, 2.24) is 0 Å². The highest BCUT2D eigenvalue weighted by Gasteiger charge is 2.23. The van der Waals surface area contributed by atoms with Gasteiger partial charge in [-0.25, -0.2) is 0 Å². The zero-order valence-corrected chi connectivity index (χ0v) is 9.40. The van der Waals surface area contributed by atoms with Gasteiger partial charge in [0.05, 0.1) is 13.2 Å². The van der Waals surface area contributed by atoms with Crippen LogP contribution in [0.2, 0.25) is 0 Å². The van der Waals surface area contributed by atoms with Crippen LogP contribution >= 0.6 is 0 Å². The molecule has 4 nitrogen and oxygen atoms in total. The Bertz CT molecular complexity index is 368. The maximum absolute atomic E-state index is 13.8. The summed E-state index contributed by atoms with van der Waals surface area (Å²) in [5, 5.41) is 18.1. The number of benzene rings is 1. The van der Waals surface area contributed by atoms with Crippen LogP contribution in [0.25, 0.3) is 0 Å². The average molecular weight is 228 g/mol. The van der Waals surface area contributed by atoms with E-state index in [9.17, 15) is 4.39 Å². The molecular formula is C10H14BFO4. The predicted octanol–water partition coefficient (Wildman–Crippen LogP) is 0.301. The second-order valence-electron chi connectivity index (χ2n) is 3.54. The van der Waals surface area contributed by atoms with E-state index in [1.54, 1.807) is 13.8 Å². The summed E-state index contributed by atoms with van der Waals surface area (Å²) >= 11 is 0. The van der Waals surface area contributed by atoms with Crippen LogP contribution in [0.4, 0.5) is 4.39 Å². The van der Waals surface area contributed by atoms with Gasteiger partial charge in [0.25, 0.3) is 0 Å². The Balaban J connectivity index is 3.25. The zero-order chi connectivity index (χ0) is 12.3. The molecule has 2 N–H and O–H groups in total. The van der Waals surface area contributed by atoms with Crippen molar-refractivity contribution in [1.29, 1.82) is 0 Å². The number of hydrogen-bond acceptors (Lipinski definition) is 4. The second-order valence-corrected chi connectivity index (χ2v) is 3.54. The van der Waals surface area contributed by atoms with E-state index in [-0.39, 0.29) is 23.1 Å². The Morgan fingerprint density at radius 1 is 1.31 bits per heavy atom. The van der Waals surface area contributed by atoms with Gasteiger partial charge < -0.3 is 19.5 Å². The minimum Gasteiger partial charge on any atom is -0.494 e. The number of hydrogen-bond donors (Lipinski definition) is 2. The molecule has 0 radical (unpaired) electrons. The quantitative estimate of drug-likeness (QED) is 0.727. The first-order valence-corrected chi connectivity index (χ1v) is 4.86. The lowest BCUT2D eigenvalue weighted by Gasteiger charge is -2.16. The minimum absolute atomic E-state index is 0.0000463. The van der Waals surface area contributed by atoms with Gasteiger partial charge in [-0.15, -0.1) is 0 Å². The third-order valence-electron chi connectivity index (χ3n) is 1.94. The van der Waals surface area contributed by atoms with Crippen LogP contribution in [0.5, 0.6) is 11.5 Å². The number of halogens is 1. The highest BCUT2D eigenvalue weighted by Crippen LogP contribution is 2.25. The van der Waals surface area contributed by atoms with Gasteiger partial charge in [0.2, 0.25) is 5.82 Å². The SMILES string of the molecule is COc1ccc(B(O)O)c(OC(C)C)c1F. The number of rotatable bonds is 4. The summed E-state index contributed by atoms with van der Waals surface area (Å²) in [5.74, 6) is -0.925. The summed E-state index contributed by atoms with van der Waals surface area (Å²) in [7, 11) is -0.457. The van der Waals surface area contributed by atoms with E-state index < -0.39 is 12.9 Å². The van der Waals surface area contributed by atoms with Crippen molar-refractivity contribution >= 4 is 12.6 Å².